The second-order valence-corrected chi connectivity index (χ2v) is 7.93. The van der Waals surface area contributed by atoms with Crippen molar-refractivity contribution in [2.75, 3.05) is 19.7 Å². The van der Waals surface area contributed by atoms with Gasteiger partial charge in [-0.2, -0.15) is 10.2 Å². The molecule has 31 heavy (non-hydrogen) atoms. The molecule has 3 heterocycles. The van der Waals surface area contributed by atoms with E-state index in [1.807, 2.05) is 19.9 Å². The Morgan fingerprint density at radius 2 is 2.23 bits per heavy atom. The topological polar surface area (TPSA) is 66.1 Å². The van der Waals surface area contributed by atoms with Crippen molar-refractivity contribution < 1.29 is 13.9 Å². The third kappa shape index (κ3) is 4.22. The number of nitrogens with zero attached hydrogens (tertiary/aromatic N) is 4. The molecule has 7 nitrogen and oxygen atoms in total. The molecule has 1 fully saturated rings. The van der Waals surface area contributed by atoms with Gasteiger partial charge in [0, 0.05) is 37.2 Å². The van der Waals surface area contributed by atoms with E-state index in [-0.39, 0.29) is 18.1 Å². The number of benzene rings is 1. The van der Waals surface area contributed by atoms with Gasteiger partial charge in [0.25, 0.3) is 0 Å². The lowest BCUT2D eigenvalue weighted by Gasteiger charge is -2.23. The monoisotopic (exact) mass is 427 g/mol. The molecule has 0 saturated carbocycles. The number of halogens is 1. The first-order valence-electron chi connectivity index (χ1n) is 10.9. The number of aromatic nitrogens is 4. The van der Waals surface area contributed by atoms with Crippen LogP contribution in [0.2, 0.25) is 0 Å². The van der Waals surface area contributed by atoms with Crippen LogP contribution in [0.25, 0.3) is 28.1 Å². The fourth-order valence-electron chi connectivity index (χ4n) is 4.01. The third-order valence-electron chi connectivity index (χ3n) is 5.61. The van der Waals surface area contributed by atoms with E-state index in [1.54, 1.807) is 28.7 Å². The number of rotatable bonds is 8. The first-order chi connectivity index (χ1) is 15.0. The molecule has 2 atom stereocenters. The Hall–Kier alpha value is -2.71. The summed E-state index contributed by atoms with van der Waals surface area (Å²) in [5.74, 6) is 0.184. The summed E-state index contributed by atoms with van der Waals surface area (Å²) in [5, 5.41) is 13.1. The highest BCUT2D eigenvalue weighted by molar-refractivity contribution is 5.91. The van der Waals surface area contributed by atoms with E-state index in [4.69, 9.17) is 9.47 Å². The van der Waals surface area contributed by atoms with Crippen molar-refractivity contribution in [2.45, 2.75) is 45.4 Å². The molecule has 1 saturated heterocycles. The van der Waals surface area contributed by atoms with Crippen LogP contribution in [0.3, 0.4) is 0 Å². The predicted octanol–water partition coefficient (Wildman–Crippen LogP) is 4.29. The molecule has 4 rings (SSSR count). The second-order valence-electron chi connectivity index (χ2n) is 7.93. The van der Waals surface area contributed by atoms with Crippen LogP contribution >= 0.6 is 0 Å². The SMILES string of the molecule is C=Cc1nn(C2CCCCO2)c2cc(F)c(-c3cnn(C)c3OC(C)CNCC)cc12. The Morgan fingerprint density at radius 3 is 2.94 bits per heavy atom. The van der Waals surface area contributed by atoms with Gasteiger partial charge in [0.1, 0.15) is 11.9 Å². The summed E-state index contributed by atoms with van der Waals surface area (Å²) in [6.07, 6.45) is 6.04. The van der Waals surface area contributed by atoms with Crippen LogP contribution in [0.4, 0.5) is 4.39 Å². The molecule has 8 heteroatoms. The zero-order valence-electron chi connectivity index (χ0n) is 18.4. The molecule has 0 radical (unpaired) electrons. The highest BCUT2D eigenvalue weighted by atomic mass is 19.1. The summed E-state index contributed by atoms with van der Waals surface area (Å²) in [6.45, 7) is 10.2. The molecule has 1 aliphatic heterocycles. The minimum Gasteiger partial charge on any atom is -0.473 e. The van der Waals surface area contributed by atoms with Gasteiger partial charge in [0.05, 0.1) is 23.0 Å². The highest BCUT2D eigenvalue weighted by Crippen LogP contribution is 2.37. The summed E-state index contributed by atoms with van der Waals surface area (Å²) in [5.41, 5.74) is 2.45. The lowest BCUT2D eigenvalue weighted by molar-refractivity contribution is -0.0367. The van der Waals surface area contributed by atoms with Gasteiger partial charge in [-0.25, -0.2) is 13.8 Å². The smallest absolute Gasteiger partial charge is 0.220 e. The van der Waals surface area contributed by atoms with E-state index in [9.17, 15) is 0 Å². The third-order valence-corrected chi connectivity index (χ3v) is 5.61. The van der Waals surface area contributed by atoms with Crippen molar-refractivity contribution in [3.63, 3.8) is 0 Å². The zero-order chi connectivity index (χ0) is 22.0. The van der Waals surface area contributed by atoms with Crippen LogP contribution in [-0.2, 0) is 11.8 Å². The van der Waals surface area contributed by atoms with Gasteiger partial charge in [-0.15, -0.1) is 0 Å². The summed E-state index contributed by atoms with van der Waals surface area (Å²) in [7, 11) is 1.79. The van der Waals surface area contributed by atoms with Crippen molar-refractivity contribution in [1.29, 1.82) is 0 Å². The van der Waals surface area contributed by atoms with Crippen LogP contribution in [-0.4, -0.2) is 45.4 Å². The molecular weight excluding hydrogens is 397 g/mol. The Bertz CT molecular complexity index is 1070. The molecule has 1 aromatic carbocycles. The van der Waals surface area contributed by atoms with Gasteiger partial charge in [0.15, 0.2) is 6.23 Å². The number of hydrogen-bond acceptors (Lipinski definition) is 5. The molecule has 0 amide bonds. The van der Waals surface area contributed by atoms with Gasteiger partial charge >= 0.3 is 0 Å². The van der Waals surface area contributed by atoms with Crippen molar-refractivity contribution in [3.05, 3.63) is 36.4 Å². The quantitative estimate of drug-likeness (QED) is 0.581. The first kappa shape index (κ1) is 21.5. The lowest BCUT2D eigenvalue weighted by Crippen LogP contribution is -2.29. The largest absolute Gasteiger partial charge is 0.473 e. The maximum Gasteiger partial charge on any atom is 0.220 e. The normalized spacial score (nSPS) is 17.7. The predicted molar refractivity (Wildman–Crippen MR) is 119 cm³/mol. The highest BCUT2D eigenvalue weighted by Gasteiger charge is 2.24. The Balaban J connectivity index is 1.76. The van der Waals surface area contributed by atoms with E-state index in [0.29, 0.717) is 41.4 Å². The molecule has 0 bridgehead atoms. The van der Waals surface area contributed by atoms with Crippen LogP contribution in [0.1, 0.15) is 45.0 Å². The van der Waals surface area contributed by atoms with Gasteiger partial charge in [-0.05, 0) is 44.9 Å². The Morgan fingerprint density at radius 1 is 1.39 bits per heavy atom. The number of likely N-dealkylation sites (N-methyl/N-ethyl adjacent to an activating group) is 1. The standard InChI is InChI=1S/C23H30FN5O2/c1-5-20-17-11-16(18-14-26-28(4)23(18)31-15(3)13-25-6-2)19(24)12-21(17)29(27-20)22-9-7-8-10-30-22/h5,11-12,14-15,22,25H,1,6-10,13H2,2-4H3. The minimum absolute atomic E-state index is 0.0872. The van der Waals surface area contributed by atoms with Gasteiger partial charge in [-0.3, -0.25) is 0 Å². The number of aryl methyl sites for hydroxylation is 1. The molecule has 2 aromatic heterocycles. The van der Waals surface area contributed by atoms with E-state index in [1.165, 1.54) is 6.07 Å². The second kappa shape index (κ2) is 9.20. The maximum atomic E-state index is 15.4. The molecule has 3 aromatic rings. The molecule has 1 aliphatic rings. The molecule has 0 spiro atoms. The van der Waals surface area contributed by atoms with Crippen molar-refractivity contribution in [2.24, 2.45) is 7.05 Å². The van der Waals surface area contributed by atoms with Gasteiger partial charge < -0.3 is 14.8 Å². The Kier molecular flexibility index (Phi) is 6.38. The zero-order valence-corrected chi connectivity index (χ0v) is 18.4. The summed E-state index contributed by atoms with van der Waals surface area (Å²) < 4.78 is 30.8. The molecule has 1 N–H and O–H groups in total. The average Bonchev–Trinajstić information content (AvgIpc) is 3.32. The number of hydrogen-bond donors (Lipinski definition) is 1. The molecule has 2 unspecified atom stereocenters. The van der Waals surface area contributed by atoms with Gasteiger partial charge in [-0.1, -0.05) is 13.5 Å². The summed E-state index contributed by atoms with van der Waals surface area (Å²) >= 11 is 0. The number of fused-ring (bicyclic) bond motifs is 1. The van der Waals surface area contributed by atoms with Crippen LogP contribution in [0, 0.1) is 5.82 Å². The van der Waals surface area contributed by atoms with Crippen molar-refractivity contribution in [3.8, 4) is 17.0 Å². The van der Waals surface area contributed by atoms with Crippen LogP contribution in [0.15, 0.2) is 24.9 Å². The van der Waals surface area contributed by atoms with E-state index in [0.717, 1.165) is 31.2 Å². The fraction of sp³-hybridized carbons (Fsp3) is 0.478. The number of nitrogens with one attached hydrogen (secondary N) is 1. The fourth-order valence-corrected chi connectivity index (χ4v) is 4.01. The van der Waals surface area contributed by atoms with E-state index >= 15 is 4.39 Å². The maximum absolute atomic E-state index is 15.4. The van der Waals surface area contributed by atoms with Gasteiger partial charge in [0.2, 0.25) is 5.88 Å². The van der Waals surface area contributed by atoms with Crippen LogP contribution in [0.5, 0.6) is 5.88 Å². The van der Waals surface area contributed by atoms with Crippen molar-refractivity contribution >= 4 is 17.0 Å². The van der Waals surface area contributed by atoms with Crippen molar-refractivity contribution in [1.82, 2.24) is 24.9 Å². The first-order valence-corrected chi connectivity index (χ1v) is 10.9. The lowest BCUT2D eigenvalue weighted by atomic mass is 10.0. The summed E-state index contributed by atoms with van der Waals surface area (Å²) in [4.78, 5) is 0. The van der Waals surface area contributed by atoms with E-state index in [2.05, 4.69) is 22.1 Å². The number of ether oxygens (including phenoxy) is 2. The van der Waals surface area contributed by atoms with Crippen LogP contribution < -0.4 is 10.1 Å². The minimum atomic E-state index is -0.350. The summed E-state index contributed by atoms with van der Waals surface area (Å²) in [6, 6.07) is 3.34. The Labute approximate surface area is 181 Å². The average molecular weight is 428 g/mol. The molecule has 166 valence electrons. The molecular formula is C23H30FN5O2. The van der Waals surface area contributed by atoms with E-state index < -0.39 is 0 Å². The molecule has 0 aliphatic carbocycles.